The van der Waals surface area contributed by atoms with Crippen LogP contribution in [0.3, 0.4) is 0 Å². The van der Waals surface area contributed by atoms with Crippen molar-refractivity contribution in [3.05, 3.63) is 20.3 Å². The first-order valence-electron chi connectivity index (χ1n) is 2.75. The molecule has 0 amide bonds. The molecule has 0 bridgehead atoms. The van der Waals surface area contributed by atoms with E-state index in [1.165, 1.54) is 0 Å². The third-order valence-corrected chi connectivity index (χ3v) is 6.02. The SMILES string of the molecule is C1=CC(OC2C=C[IH]2)[IH]1. The van der Waals surface area contributed by atoms with E-state index in [0.717, 1.165) is 0 Å². The van der Waals surface area contributed by atoms with Crippen molar-refractivity contribution in [3.63, 3.8) is 0 Å². The van der Waals surface area contributed by atoms with Gasteiger partial charge in [0.15, 0.2) is 0 Å². The molecule has 0 spiro atoms. The van der Waals surface area contributed by atoms with Gasteiger partial charge in [0.2, 0.25) is 0 Å². The van der Waals surface area contributed by atoms with Gasteiger partial charge in [-0.1, -0.05) is 0 Å². The van der Waals surface area contributed by atoms with Crippen LogP contribution in [0.5, 0.6) is 0 Å². The summed E-state index contributed by atoms with van der Waals surface area (Å²) in [5.41, 5.74) is 0. The van der Waals surface area contributed by atoms with E-state index in [0.29, 0.717) is 8.22 Å². The molecule has 0 aromatic rings. The molecule has 2 rings (SSSR count). The van der Waals surface area contributed by atoms with Crippen molar-refractivity contribution in [1.29, 1.82) is 0 Å². The van der Waals surface area contributed by atoms with E-state index in [-0.39, 0.29) is 42.4 Å². The van der Waals surface area contributed by atoms with Gasteiger partial charge in [-0.05, 0) is 0 Å². The summed E-state index contributed by atoms with van der Waals surface area (Å²) in [6.45, 7) is 0. The van der Waals surface area contributed by atoms with E-state index in [4.69, 9.17) is 4.74 Å². The van der Waals surface area contributed by atoms with Crippen molar-refractivity contribution in [2.45, 2.75) is 8.22 Å². The summed E-state index contributed by atoms with van der Waals surface area (Å²) in [4.78, 5) is 0. The molecule has 0 N–H and O–H groups in total. The molecule has 0 fully saturated rings. The Bertz CT molecular complexity index is 146. The molecule has 2 aliphatic rings. The standard InChI is InChI=1S/C6H8I2O/c1-3-7-5(1)9-6-2-4-8-6/h1-8H. The number of halogens is 2. The predicted molar refractivity (Wildman–Crippen MR) is 57.8 cm³/mol. The van der Waals surface area contributed by atoms with E-state index >= 15 is 0 Å². The summed E-state index contributed by atoms with van der Waals surface area (Å²) in [6.07, 6.45) is 4.39. The zero-order valence-electron chi connectivity index (χ0n) is 4.69. The molecule has 2 unspecified atom stereocenters. The van der Waals surface area contributed by atoms with Crippen LogP contribution in [0.1, 0.15) is 0 Å². The maximum absolute atomic E-state index is 5.66. The van der Waals surface area contributed by atoms with Crippen LogP contribution in [0.25, 0.3) is 0 Å². The van der Waals surface area contributed by atoms with Crippen LogP contribution < -0.4 is 0 Å². The summed E-state index contributed by atoms with van der Waals surface area (Å²) in [5, 5.41) is 0. The average molecular weight is 350 g/mol. The van der Waals surface area contributed by atoms with Crippen molar-refractivity contribution in [1.82, 2.24) is 0 Å². The van der Waals surface area contributed by atoms with Gasteiger partial charge in [0.1, 0.15) is 0 Å². The summed E-state index contributed by atoms with van der Waals surface area (Å²) >= 11 is 0.304. The number of hydrogen-bond donors (Lipinski definition) is 0. The van der Waals surface area contributed by atoms with Gasteiger partial charge in [-0.3, -0.25) is 0 Å². The van der Waals surface area contributed by atoms with Crippen LogP contribution in [0.15, 0.2) is 20.3 Å². The Morgan fingerprint density at radius 2 is 1.44 bits per heavy atom. The van der Waals surface area contributed by atoms with Gasteiger partial charge in [-0.25, -0.2) is 0 Å². The monoisotopic (exact) mass is 350 g/mol. The molecular formula is C6H8I2O. The Morgan fingerprint density at radius 1 is 1.00 bits per heavy atom. The fourth-order valence-electron chi connectivity index (χ4n) is 0.572. The van der Waals surface area contributed by atoms with E-state index in [9.17, 15) is 0 Å². The van der Waals surface area contributed by atoms with Crippen LogP contribution in [0.4, 0.5) is 0 Å². The first-order chi connectivity index (χ1) is 4.45. The van der Waals surface area contributed by atoms with Crippen LogP contribution in [0.2, 0.25) is 0 Å². The summed E-state index contributed by atoms with van der Waals surface area (Å²) < 4.78 is 11.4. The van der Waals surface area contributed by atoms with Gasteiger partial charge in [-0.15, -0.1) is 0 Å². The molecule has 0 aromatic carbocycles. The van der Waals surface area contributed by atoms with Crippen LogP contribution in [0, 0.1) is 0 Å². The zero-order chi connectivity index (χ0) is 6.10. The Labute approximate surface area is 75.1 Å². The third kappa shape index (κ3) is 1.48. The quantitative estimate of drug-likeness (QED) is 0.548. The Hall–Kier alpha value is 0.900. The van der Waals surface area contributed by atoms with Crippen LogP contribution >= 0.6 is 42.4 Å². The Morgan fingerprint density at radius 3 is 1.67 bits per heavy atom. The molecule has 1 nitrogen and oxygen atoms in total. The van der Waals surface area contributed by atoms with Crippen molar-refractivity contribution in [2.24, 2.45) is 0 Å². The second-order valence-electron chi connectivity index (χ2n) is 1.80. The van der Waals surface area contributed by atoms with Crippen LogP contribution in [-0.2, 0) is 4.74 Å². The first kappa shape index (κ1) is 6.60. The van der Waals surface area contributed by atoms with Gasteiger partial charge in [0, 0.05) is 0 Å². The normalized spacial score (nSPS) is 39.6. The molecule has 2 aliphatic heterocycles. The predicted octanol–water partition coefficient (Wildman–Crippen LogP) is 2.12. The average Bonchev–Trinajstić information content (AvgIpc) is 1.57. The minimum atomic E-state index is 0.152. The molecule has 9 heavy (non-hydrogen) atoms. The van der Waals surface area contributed by atoms with Gasteiger partial charge >= 0.3 is 75.7 Å². The molecule has 0 saturated heterocycles. The van der Waals surface area contributed by atoms with Gasteiger partial charge in [0.25, 0.3) is 0 Å². The van der Waals surface area contributed by atoms with E-state index in [1.807, 2.05) is 0 Å². The molecule has 0 saturated carbocycles. The third-order valence-electron chi connectivity index (χ3n) is 1.17. The molecule has 0 aliphatic carbocycles. The fourth-order valence-corrected chi connectivity index (χ4v) is 3.93. The number of ether oxygens (including phenoxy) is 1. The van der Waals surface area contributed by atoms with E-state index in [2.05, 4.69) is 20.3 Å². The maximum atomic E-state index is 5.66. The molecule has 0 radical (unpaired) electrons. The van der Waals surface area contributed by atoms with E-state index in [1.54, 1.807) is 0 Å². The van der Waals surface area contributed by atoms with E-state index < -0.39 is 0 Å². The molecule has 2 atom stereocenters. The molecule has 52 valence electrons. The number of hydrogen-bond acceptors (Lipinski definition) is 1. The van der Waals surface area contributed by atoms with Crippen molar-refractivity contribution in [3.8, 4) is 0 Å². The molecule has 3 heteroatoms. The number of alkyl halides is 2. The summed E-state index contributed by atoms with van der Waals surface area (Å²) in [7, 11) is 0. The number of rotatable bonds is 2. The van der Waals surface area contributed by atoms with Gasteiger partial charge < -0.3 is 0 Å². The summed E-state index contributed by atoms with van der Waals surface area (Å²) in [5.74, 6) is 0. The minimum absolute atomic E-state index is 0.152. The van der Waals surface area contributed by atoms with Crippen molar-refractivity contribution in [2.75, 3.05) is 0 Å². The van der Waals surface area contributed by atoms with Crippen molar-refractivity contribution < 1.29 is 4.74 Å². The second-order valence-corrected chi connectivity index (χ2v) is 7.56. The fraction of sp³-hybridized carbons (Fsp3) is 0.333. The zero-order valence-corrected chi connectivity index (χ0v) is 9.35. The van der Waals surface area contributed by atoms with Gasteiger partial charge in [0.05, 0.1) is 0 Å². The Kier molecular flexibility index (Phi) is 2.11. The topological polar surface area (TPSA) is 9.23 Å². The second kappa shape index (κ2) is 2.87. The Balaban J connectivity index is 1.77. The molecule has 0 aromatic heterocycles. The summed E-state index contributed by atoms with van der Waals surface area (Å²) in [6, 6.07) is 0. The molecular weight excluding hydrogens is 342 g/mol. The molecule has 2 heterocycles. The van der Waals surface area contributed by atoms with Gasteiger partial charge in [-0.2, -0.15) is 0 Å². The van der Waals surface area contributed by atoms with Crippen molar-refractivity contribution >= 4 is 42.4 Å². The van der Waals surface area contributed by atoms with Crippen LogP contribution in [-0.4, -0.2) is 8.22 Å². The first-order valence-corrected chi connectivity index (χ1v) is 8.13.